The van der Waals surface area contributed by atoms with Crippen molar-refractivity contribution in [2.24, 2.45) is 0 Å². The molecule has 15 heavy (non-hydrogen) atoms. The van der Waals surface area contributed by atoms with Gasteiger partial charge in [0.2, 0.25) is 0 Å². The Morgan fingerprint density at radius 2 is 2.00 bits per heavy atom. The van der Waals surface area contributed by atoms with E-state index in [1.165, 1.54) is 6.42 Å². The van der Waals surface area contributed by atoms with Crippen molar-refractivity contribution in [3.05, 3.63) is 17.5 Å². The molecule has 0 unspecified atom stereocenters. The lowest BCUT2D eigenvalue weighted by atomic mass is 10.4. The molecule has 2 heterocycles. The number of hydrogen-bond acceptors (Lipinski definition) is 4. The van der Waals surface area contributed by atoms with Crippen molar-refractivity contribution in [2.75, 3.05) is 13.1 Å². The normalized spacial score (nSPS) is 20.0. The Bertz CT molecular complexity index is 306. The Balaban J connectivity index is 0.00000112. The predicted molar refractivity (Wildman–Crippen MR) is 65.9 cm³/mol. The van der Waals surface area contributed by atoms with Crippen LogP contribution in [-0.4, -0.2) is 28.3 Å². The number of hydrogen-bond donors (Lipinski definition) is 1. The Morgan fingerprint density at radius 3 is 2.53 bits per heavy atom. The molecule has 3 nitrogen and oxygen atoms in total. The van der Waals surface area contributed by atoms with Crippen molar-refractivity contribution < 1.29 is 0 Å². The van der Waals surface area contributed by atoms with Gasteiger partial charge in [0.25, 0.3) is 0 Å². The summed E-state index contributed by atoms with van der Waals surface area (Å²) in [4.78, 5) is 8.84. The first-order chi connectivity index (χ1) is 6.74. The van der Waals surface area contributed by atoms with Crippen molar-refractivity contribution in [1.82, 2.24) is 15.3 Å². The monoisotopic (exact) mass is 245 g/mol. The number of halogens is 1. The highest BCUT2D eigenvalue weighted by Crippen LogP contribution is 2.24. The van der Waals surface area contributed by atoms with Crippen molar-refractivity contribution in [3.63, 3.8) is 0 Å². The van der Waals surface area contributed by atoms with E-state index in [4.69, 9.17) is 0 Å². The number of nitrogens with one attached hydrogen (secondary N) is 1. The molecule has 1 saturated heterocycles. The molecule has 0 aliphatic carbocycles. The largest absolute Gasteiger partial charge is 0.316 e. The van der Waals surface area contributed by atoms with Gasteiger partial charge < -0.3 is 5.32 Å². The quantitative estimate of drug-likeness (QED) is 0.809. The number of aromatic nitrogens is 2. The van der Waals surface area contributed by atoms with Crippen LogP contribution in [0.4, 0.5) is 0 Å². The van der Waals surface area contributed by atoms with Crippen LogP contribution in [0.3, 0.4) is 0 Å². The second kappa shape index (κ2) is 5.68. The number of aryl methyl sites for hydroxylation is 2. The predicted octanol–water partition coefficient (Wildman–Crippen LogP) is 1.97. The molecule has 1 fully saturated rings. The van der Waals surface area contributed by atoms with Gasteiger partial charge in [-0.05, 0) is 32.9 Å². The van der Waals surface area contributed by atoms with Crippen LogP contribution in [0.5, 0.6) is 0 Å². The van der Waals surface area contributed by atoms with E-state index in [0.29, 0.717) is 5.25 Å². The maximum Gasteiger partial charge on any atom is 0.188 e. The van der Waals surface area contributed by atoms with Crippen LogP contribution in [0.2, 0.25) is 0 Å². The second-order valence-corrected chi connectivity index (χ2v) is 4.93. The van der Waals surface area contributed by atoms with E-state index in [9.17, 15) is 0 Å². The van der Waals surface area contributed by atoms with Crippen molar-refractivity contribution in [1.29, 1.82) is 0 Å². The zero-order chi connectivity index (χ0) is 9.97. The summed E-state index contributed by atoms with van der Waals surface area (Å²) in [6.45, 7) is 6.25. The van der Waals surface area contributed by atoms with Gasteiger partial charge in [0.1, 0.15) is 0 Å². The first-order valence-corrected chi connectivity index (χ1v) is 5.81. The van der Waals surface area contributed by atoms with E-state index < -0.39 is 0 Å². The van der Waals surface area contributed by atoms with Gasteiger partial charge in [-0.1, -0.05) is 11.8 Å². The minimum Gasteiger partial charge on any atom is -0.316 e. The van der Waals surface area contributed by atoms with E-state index in [1.807, 2.05) is 19.9 Å². The van der Waals surface area contributed by atoms with Crippen molar-refractivity contribution in [3.8, 4) is 0 Å². The van der Waals surface area contributed by atoms with Crippen LogP contribution < -0.4 is 5.32 Å². The van der Waals surface area contributed by atoms with Crippen LogP contribution in [-0.2, 0) is 0 Å². The van der Waals surface area contributed by atoms with Crippen LogP contribution in [0.15, 0.2) is 11.2 Å². The summed E-state index contributed by atoms with van der Waals surface area (Å²) >= 11 is 1.79. The molecule has 2 rings (SSSR count). The van der Waals surface area contributed by atoms with E-state index in [0.717, 1.165) is 29.6 Å². The molecule has 1 aromatic heterocycles. The van der Waals surface area contributed by atoms with E-state index in [2.05, 4.69) is 15.3 Å². The average molecular weight is 246 g/mol. The summed E-state index contributed by atoms with van der Waals surface area (Å²) in [5, 5.41) is 4.92. The fraction of sp³-hybridized carbons (Fsp3) is 0.600. The van der Waals surface area contributed by atoms with Crippen molar-refractivity contribution in [2.45, 2.75) is 30.7 Å². The molecular formula is C10H16ClN3S. The minimum atomic E-state index is 0. The molecular weight excluding hydrogens is 230 g/mol. The molecule has 1 atom stereocenters. The highest BCUT2D eigenvalue weighted by atomic mass is 35.5. The lowest BCUT2D eigenvalue weighted by Crippen LogP contribution is -2.10. The Labute approximate surface area is 101 Å². The van der Waals surface area contributed by atoms with E-state index in [-0.39, 0.29) is 12.4 Å². The number of thioether (sulfide) groups is 1. The highest BCUT2D eigenvalue weighted by molar-refractivity contribution is 7.99. The van der Waals surface area contributed by atoms with Gasteiger partial charge in [0.05, 0.1) is 0 Å². The molecule has 1 aromatic rings. The van der Waals surface area contributed by atoms with Crippen LogP contribution in [0.1, 0.15) is 17.8 Å². The molecule has 1 N–H and O–H groups in total. The SMILES string of the molecule is Cc1cc(C)nc(S[C@H]2CCNC2)n1.Cl. The Morgan fingerprint density at radius 1 is 1.33 bits per heavy atom. The lowest BCUT2D eigenvalue weighted by molar-refractivity contribution is 0.856. The molecule has 0 bridgehead atoms. The van der Waals surface area contributed by atoms with Gasteiger partial charge >= 0.3 is 0 Å². The van der Waals surface area contributed by atoms with Gasteiger partial charge in [0.15, 0.2) is 5.16 Å². The third-order valence-electron chi connectivity index (χ3n) is 2.25. The maximum absolute atomic E-state index is 4.42. The van der Waals surface area contributed by atoms with Crippen LogP contribution in [0.25, 0.3) is 0 Å². The molecule has 0 amide bonds. The standard InChI is InChI=1S/C10H15N3S.ClH/c1-7-5-8(2)13-10(12-7)14-9-3-4-11-6-9;/h5,9,11H,3-4,6H2,1-2H3;1H/t9-;/m0./s1. The number of rotatable bonds is 2. The highest BCUT2D eigenvalue weighted by Gasteiger charge is 2.17. The summed E-state index contributed by atoms with van der Waals surface area (Å²) in [5.41, 5.74) is 2.12. The fourth-order valence-corrected chi connectivity index (χ4v) is 2.75. The number of nitrogens with zero attached hydrogens (tertiary/aromatic N) is 2. The van der Waals surface area contributed by atoms with Crippen LogP contribution in [0, 0.1) is 13.8 Å². The van der Waals surface area contributed by atoms with Gasteiger partial charge in [-0.3, -0.25) is 0 Å². The second-order valence-electron chi connectivity index (χ2n) is 3.67. The summed E-state index contributed by atoms with van der Waals surface area (Å²) in [6, 6.07) is 2.01. The molecule has 84 valence electrons. The minimum absolute atomic E-state index is 0. The summed E-state index contributed by atoms with van der Waals surface area (Å²) < 4.78 is 0. The average Bonchev–Trinajstić information content (AvgIpc) is 2.54. The first-order valence-electron chi connectivity index (χ1n) is 4.94. The zero-order valence-electron chi connectivity index (χ0n) is 8.99. The Hall–Kier alpha value is -0.320. The van der Waals surface area contributed by atoms with Gasteiger partial charge in [0, 0.05) is 23.2 Å². The third-order valence-corrected chi connectivity index (χ3v) is 3.38. The molecule has 1 aliphatic heterocycles. The van der Waals surface area contributed by atoms with Gasteiger partial charge in [-0.15, -0.1) is 12.4 Å². The smallest absolute Gasteiger partial charge is 0.188 e. The summed E-state index contributed by atoms with van der Waals surface area (Å²) in [5.74, 6) is 0. The molecule has 0 saturated carbocycles. The van der Waals surface area contributed by atoms with Crippen molar-refractivity contribution >= 4 is 24.2 Å². The molecule has 0 aromatic carbocycles. The van der Waals surface area contributed by atoms with E-state index in [1.54, 1.807) is 11.8 Å². The van der Waals surface area contributed by atoms with Gasteiger partial charge in [-0.2, -0.15) is 0 Å². The summed E-state index contributed by atoms with van der Waals surface area (Å²) in [7, 11) is 0. The topological polar surface area (TPSA) is 37.8 Å². The third kappa shape index (κ3) is 3.63. The molecule has 5 heteroatoms. The Kier molecular flexibility index (Phi) is 4.83. The lowest BCUT2D eigenvalue weighted by Gasteiger charge is -2.07. The van der Waals surface area contributed by atoms with E-state index >= 15 is 0 Å². The fourth-order valence-electron chi connectivity index (χ4n) is 1.62. The van der Waals surface area contributed by atoms with Gasteiger partial charge in [-0.25, -0.2) is 9.97 Å². The maximum atomic E-state index is 4.42. The molecule has 0 radical (unpaired) electrons. The molecule has 0 spiro atoms. The zero-order valence-corrected chi connectivity index (χ0v) is 10.6. The van der Waals surface area contributed by atoms with Crippen LogP contribution >= 0.6 is 24.2 Å². The molecule has 1 aliphatic rings. The first kappa shape index (κ1) is 12.7. The summed E-state index contributed by atoms with van der Waals surface area (Å²) in [6.07, 6.45) is 1.22.